The van der Waals surface area contributed by atoms with Gasteiger partial charge in [0.25, 0.3) is 0 Å². The fraction of sp³-hybridized carbons (Fsp3) is 0.800. The fourth-order valence-corrected chi connectivity index (χ4v) is 1.14. The van der Waals surface area contributed by atoms with E-state index >= 15 is 0 Å². The van der Waals surface area contributed by atoms with E-state index in [1.54, 1.807) is 39.8 Å². The zero-order chi connectivity index (χ0) is 12.2. The molecule has 0 aromatic carbocycles. The van der Waals surface area contributed by atoms with Crippen molar-refractivity contribution >= 4 is 11.9 Å². The molecule has 1 unspecified atom stereocenters. The van der Waals surface area contributed by atoms with Crippen LogP contribution in [0.2, 0.25) is 0 Å². The maximum Gasteiger partial charge on any atom is 0.326 e. The number of amides is 1. The van der Waals surface area contributed by atoms with Crippen LogP contribution < -0.4 is 5.32 Å². The Labute approximate surface area is 90.5 Å². The Bertz CT molecular complexity index is 244. The SMILES string of the molecule is CN(C)CC(=O)NC(C(=O)O)C(C)(C)C. The lowest BCUT2D eigenvalue weighted by atomic mass is 9.87. The highest BCUT2D eigenvalue weighted by Crippen LogP contribution is 2.19. The number of carboxylic acids is 1. The third kappa shape index (κ3) is 5.37. The lowest BCUT2D eigenvalue weighted by molar-refractivity contribution is -0.145. The summed E-state index contributed by atoms with van der Waals surface area (Å²) in [6, 6.07) is -0.857. The van der Waals surface area contributed by atoms with Crippen molar-refractivity contribution in [2.45, 2.75) is 26.8 Å². The molecule has 2 N–H and O–H groups in total. The number of carboxylic acid groups (broad SMARTS) is 1. The van der Waals surface area contributed by atoms with E-state index < -0.39 is 17.4 Å². The summed E-state index contributed by atoms with van der Waals surface area (Å²) in [6.45, 7) is 5.53. The van der Waals surface area contributed by atoms with E-state index in [9.17, 15) is 9.59 Å². The smallest absolute Gasteiger partial charge is 0.326 e. The third-order valence-corrected chi connectivity index (χ3v) is 1.88. The maximum atomic E-state index is 11.4. The molecule has 0 spiro atoms. The Morgan fingerprint density at radius 3 is 2.07 bits per heavy atom. The number of hydrogen-bond donors (Lipinski definition) is 2. The molecule has 0 bridgehead atoms. The summed E-state index contributed by atoms with van der Waals surface area (Å²) in [4.78, 5) is 24.0. The number of carbonyl (C=O) groups excluding carboxylic acids is 1. The van der Waals surface area contributed by atoms with Crippen molar-refractivity contribution < 1.29 is 14.7 Å². The Kier molecular flexibility index (Phi) is 4.74. The molecular formula is C10H20N2O3. The van der Waals surface area contributed by atoms with Crippen LogP contribution in [0.1, 0.15) is 20.8 Å². The molecule has 5 nitrogen and oxygen atoms in total. The van der Waals surface area contributed by atoms with Crippen LogP contribution in [-0.2, 0) is 9.59 Å². The molecule has 1 amide bonds. The molecule has 0 rings (SSSR count). The number of rotatable bonds is 4. The molecule has 0 fully saturated rings. The van der Waals surface area contributed by atoms with Crippen LogP contribution in [0.3, 0.4) is 0 Å². The maximum absolute atomic E-state index is 11.4. The summed E-state index contributed by atoms with van der Waals surface area (Å²) in [5.74, 6) is -1.28. The molecular weight excluding hydrogens is 196 g/mol. The van der Waals surface area contributed by atoms with Gasteiger partial charge in [-0.25, -0.2) is 4.79 Å². The van der Waals surface area contributed by atoms with E-state index in [-0.39, 0.29) is 12.5 Å². The molecule has 0 radical (unpaired) electrons. The van der Waals surface area contributed by atoms with E-state index in [2.05, 4.69) is 5.32 Å². The van der Waals surface area contributed by atoms with Gasteiger partial charge in [-0.1, -0.05) is 20.8 Å². The first-order chi connectivity index (χ1) is 6.64. The number of aliphatic carboxylic acids is 1. The fourth-order valence-electron chi connectivity index (χ4n) is 1.14. The zero-order valence-electron chi connectivity index (χ0n) is 10.00. The highest BCUT2D eigenvalue weighted by molar-refractivity contribution is 5.85. The van der Waals surface area contributed by atoms with Crippen molar-refractivity contribution in [2.24, 2.45) is 5.41 Å². The van der Waals surface area contributed by atoms with Gasteiger partial charge in [-0.05, 0) is 19.5 Å². The van der Waals surface area contributed by atoms with Crippen molar-refractivity contribution in [1.82, 2.24) is 10.2 Å². The van der Waals surface area contributed by atoms with Gasteiger partial charge in [0.15, 0.2) is 0 Å². The van der Waals surface area contributed by atoms with Gasteiger partial charge in [0.1, 0.15) is 6.04 Å². The van der Waals surface area contributed by atoms with Crippen molar-refractivity contribution in [3.8, 4) is 0 Å². The second kappa shape index (κ2) is 5.11. The first-order valence-corrected chi connectivity index (χ1v) is 4.81. The number of hydrogen-bond acceptors (Lipinski definition) is 3. The van der Waals surface area contributed by atoms with Gasteiger partial charge in [-0.15, -0.1) is 0 Å². The third-order valence-electron chi connectivity index (χ3n) is 1.88. The van der Waals surface area contributed by atoms with Crippen LogP contribution >= 0.6 is 0 Å². The first kappa shape index (κ1) is 13.9. The predicted molar refractivity (Wildman–Crippen MR) is 57.6 cm³/mol. The highest BCUT2D eigenvalue weighted by Gasteiger charge is 2.32. The second-order valence-electron chi connectivity index (χ2n) is 4.94. The summed E-state index contributed by atoms with van der Waals surface area (Å²) < 4.78 is 0. The largest absolute Gasteiger partial charge is 0.480 e. The molecule has 0 heterocycles. The Hall–Kier alpha value is -1.10. The summed E-state index contributed by atoms with van der Waals surface area (Å²) in [5.41, 5.74) is -0.492. The molecule has 0 saturated heterocycles. The molecule has 0 aliphatic carbocycles. The summed E-state index contributed by atoms with van der Waals surface area (Å²) >= 11 is 0. The van der Waals surface area contributed by atoms with Gasteiger partial charge < -0.3 is 15.3 Å². The van der Waals surface area contributed by atoms with Crippen LogP contribution in [0, 0.1) is 5.41 Å². The minimum absolute atomic E-state index is 0.194. The van der Waals surface area contributed by atoms with Crippen molar-refractivity contribution in [3.63, 3.8) is 0 Å². The summed E-state index contributed by atoms with van der Waals surface area (Å²) in [6.07, 6.45) is 0. The van der Waals surface area contributed by atoms with Gasteiger partial charge in [-0.3, -0.25) is 4.79 Å². The second-order valence-corrected chi connectivity index (χ2v) is 4.94. The summed E-state index contributed by atoms with van der Waals surface area (Å²) in [5, 5.41) is 11.5. The normalized spacial score (nSPS) is 13.7. The molecule has 0 aromatic rings. The Morgan fingerprint density at radius 2 is 1.80 bits per heavy atom. The molecule has 5 heteroatoms. The average Bonchev–Trinajstić information content (AvgIpc) is 1.95. The van der Waals surface area contributed by atoms with Gasteiger partial charge in [0, 0.05) is 0 Å². The Balaban J connectivity index is 4.44. The Morgan fingerprint density at radius 1 is 1.33 bits per heavy atom. The van der Waals surface area contributed by atoms with Crippen LogP contribution in [0.25, 0.3) is 0 Å². The van der Waals surface area contributed by atoms with Crippen molar-refractivity contribution in [2.75, 3.05) is 20.6 Å². The molecule has 0 aliphatic heterocycles. The van der Waals surface area contributed by atoms with E-state index in [1.165, 1.54) is 0 Å². The number of carbonyl (C=O) groups is 2. The molecule has 0 saturated carbocycles. The van der Waals surface area contributed by atoms with Crippen LogP contribution in [0.5, 0.6) is 0 Å². The van der Waals surface area contributed by atoms with Crippen LogP contribution in [-0.4, -0.2) is 48.6 Å². The number of nitrogens with one attached hydrogen (secondary N) is 1. The van der Waals surface area contributed by atoms with Crippen molar-refractivity contribution in [1.29, 1.82) is 0 Å². The zero-order valence-corrected chi connectivity index (χ0v) is 10.00. The minimum atomic E-state index is -1.00. The predicted octanol–water partition coefficient (Wildman–Crippen LogP) is 0.164. The van der Waals surface area contributed by atoms with E-state index in [1.807, 2.05) is 0 Å². The first-order valence-electron chi connectivity index (χ1n) is 4.81. The molecule has 15 heavy (non-hydrogen) atoms. The minimum Gasteiger partial charge on any atom is -0.480 e. The molecule has 0 aliphatic rings. The van der Waals surface area contributed by atoms with Crippen molar-refractivity contribution in [3.05, 3.63) is 0 Å². The number of nitrogens with zero attached hydrogens (tertiary/aromatic N) is 1. The summed E-state index contributed by atoms with van der Waals surface area (Å²) in [7, 11) is 3.51. The number of likely N-dealkylation sites (N-methyl/N-ethyl adjacent to an activating group) is 1. The standard InChI is InChI=1S/C10H20N2O3/c1-10(2,3)8(9(14)15)11-7(13)6-12(4)5/h8H,6H2,1-5H3,(H,11,13)(H,14,15). The van der Waals surface area contributed by atoms with Gasteiger partial charge >= 0.3 is 5.97 Å². The van der Waals surface area contributed by atoms with E-state index in [4.69, 9.17) is 5.11 Å². The van der Waals surface area contributed by atoms with Crippen LogP contribution in [0.4, 0.5) is 0 Å². The van der Waals surface area contributed by atoms with Crippen LogP contribution in [0.15, 0.2) is 0 Å². The molecule has 1 atom stereocenters. The van der Waals surface area contributed by atoms with E-state index in [0.717, 1.165) is 0 Å². The molecule has 88 valence electrons. The topological polar surface area (TPSA) is 69.6 Å². The van der Waals surface area contributed by atoms with Gasteiger partial charge in [0.05, 0.1) is 6.54 Å². The lowest BCUT2D eigenvalue weighted by Gasteiger charge is -2.28. The highest BCUT2D eigenvalue weighted by atomic mass is 16.4. The quantitative estimate of drug-likeness (QED) is 0.702. The lowest BCUT2D eigenvalue weighted by Crippen LogP contribution is -2.51. The van der Waals surface area contributed by atoms with Gasteiger partial charge in [-0.2, -0.15) is 0 Å². The van der Waals surface area contributed by atoms with E-state index in [0.29, 0.717) is 0 Å². The average molecular weight is 216 g/mol. The van der Waals surface area contributed by atoms with Gasteiger partial charge in [0.2, 0.25) is 5.91 Å². The monoisotopic (exact) mass is 216 g/mol. The molecule has 0 aromatic heterocycles.